The van der Waals surface area contributed by atoms with Crippen LogP contribution < -0.4 is 9.80 Å². The van der Waals surface area contributed by atoms with Gasteiger partial charge < -0.3 is 9.80 Å². The summed E-state index contributed by atoms with van der Waals surface area (Å²) >= 11 is 8.98. The second-order valence-corrected chi connectivity index (χ2v) is 16.2. The average Bonchev–Trinajstić information content (AvgIpc) is 3.35. The maximum Gasteiger partial charge on any atom is 0.223 e. The third-order valence-electron chi connectivity index (χ3n) is 8.56. The van der Waals surface area contributed by atoms with Crippen LogP contribution in [0.25, 0.3) is 0 Å². The molecule has 6 rings (SSSR count). The van der Waals surface area contributed by atoms with Crippen LogP contribution in [0, 0.1) is 0 Å². The van der Waals surface area contributed by atoms with Crippen LogP contribution in [-0.4, -0.2) is 56.3 Å². The van der Waals surface area contributed by atoms with Gasteiger partial charge in [-0.05, 0) is 72.6 Å². The summed E-state index contributed by atoms with van der Waals surface area (Å²) in [6.07, 6.45) is 3.59. The van der Waals surface area contributed by atoms with Gasteiger partial charge >= 0.3 is 0 Å². The van der Waals surface area contributed by atoms with Crippen LogP contribution in [0.15, 0.2) is 45.3 Å². The highest BCUT2D eigenvalue weighted by atomic mass is 79.9. The van der Waals surface area contributed by atoms with Gasteiger partial charge in [0, 0.05) is 58.1 Å². The van der Waals surface area contributed by atoms with Gasteiger partial charge in [0.25, 0.3) is 0 Å². The van der Waals surface area contributed by atoms with Gasteiger partial charge in [0.05, 0.1) is 11.5 Å². The third kappa shape index (κ3) is 5.22. The largest absolute Gasteiger partial charge is 0.311 e. The summed E-state index contributed by atoms with van der Waals surface area (Å²) < 4.78 is 25.4. The van der Waals surface area contributed by atoms with Gasteiger partial charge in [0.15, 0.2) is 0 Å². The summed E-state index contributed by atoms with van der Waals surface area (Å²) in [4.78, 5) is 27.4. The molecule has 6 nitrogen and oxygen atoms in total. The van der Waals surface area contributed by atoms with Gasteiger partial charge in [-0.25, -0.2) is 8.42 Å². The van der Waals surface area contributed by atoms with Crippen LogP contribution in [0.5, 0.6) is 0 Å². The number of benzene rings is 2. The first-order valence-electron chi connectivity index (χ1n) is 12.9. The highest BCUT2D eigenvalue weighted by molar-refractivity contribution is 9.10. The van der Waals surface area contributed by atoms with E-state index in [2.05, 4.69) is 50.1 Å². The summed E-state index contributed by atoms with van der Waals surface area (Å²) in [6.45, 7) is 4.70. The van der Waals surface area contributed by atoms with Crippen LogP contribution >= 0.6 is 43.6 Å². The molecule has 4 aliphatic rings. The smallest absolute Gasteiger partial charge is 0.223 e. The maximum atomic E-state index is 11.9. The molecule has 0 bridgehead atoms. The van der Waals surface area contributed by atoms with Crippen molar-refractivity contribution in [3.63, 3.8) is 0 Å². The van der Waals surface area contributed by atoms with Gasteiger partial charge in [0.2, 0.25) is 11.8 Å². The molecule has 204 valence electrons. The van der Waals surface area contributed by atoms with Crippen LogP contribution in [0.2, 0.25) is 0 Å². The van der Waals surface area contributed by atoms with Crippen LogP contribution in [0.3, 0.4) is 0 Å². The average molecular weight is 685 g/mol. The molecule has 4 heterocycles. The van der Waals surface area contributed by atoms with Crippen molar-refractivity contribution in [1.82, 2.24) is 0 Å². The van der Waals surface area contributed by atoms with Crippen LogP contribution in [0.4, 0.5) is 11.4 Å². The van der Waals surface area contributed by atoms with Crippen LogP contribution in [0.1, 0.15) is 50.7 Å². The Morgan fingerprint density at radius 1 is 0.763 bits per heavy atom. The van der Waals surface area contributed by atoms with E-state index in [1.807, 2.05) is 34.9 Å². The zero-order valence-corrected chi connectivity index (χ0v) is 26.4. The molecule has 2 saturated heterocycles. The van der Waals surface area contributed by atoms with Gasteiger partial charge in [-0.3, -0.25) is 9.59 Å². The number of carbonyl (C=O) groups excluding carboxylic acids is 2. The van der Waals surface area contributed by atoms with Crippen molar-refractivity contribution >= 4 is 76.6 Å². The minimum absolute atomic E-state index is 0.00894. The summed E-state index contributed by atoms with van der Waals surface area (Å²) in [5.74, 6) is 3.02. The lowest BCUT2D eigenvalue weighted by molar-refractivity contribution is -0.117. The molecule has 0 saturated carbocycles. The summed E-state index contributed by atoms with van der Waals surface area (Å²) in [5, 5.41) is 0. The Bertz CT molecular complexity index is 1380. The number of amides is 2. The molecule has 0 atom stereocenters. The Morgan fingerprint density at radius 2 is 1.18 bits per heavy atom. The van der Waals surface area contributed by atoms with E-state index in [1.54, 1.807) is 18.7 Å². The Morgan fingerprint density at radius 3 is 1.61 bits per heavy atom. The van der Waals surface area contributed by atoms with Crippen molar-refractivity contribution < 1.29 is 18.0 Å². The molecule has 2 amide bonds. The van der Waals surface area contributed by atoms with Gasteiger partial charge in [-0.2, -0.15) is 11.8 Å². The van der Waals surface area contributed by atoms with Crippen molar-refractivity contribution in [2.75, 3.05) is 45.9 Å². The molecule has 0 aromatic heterocycles. The summed E-state index contributed by atoms with van der Waals surface area (Å²) in [5.41, 5.74) is 4.56. The number of thioether (sulfide) groups is 1. The van der Waals surface area contributed by atoms with E-state index in [1.165, 1.54) is 29.9 Å². The summed E-state index contributed by atoms with van der Waals surface area (Å²) in [6, 6.07) is 12.3. The lowest BCUT2D eigenvalue weighted by Crippen LogP contribution is -2.42. The first kappa shape index (κ1) is 28.2. The Balaban J connectivity index is 0.000000156. The SMILES string of the molecule is CC(=O)N1CC2(CCS(=O)(=O)CC2)c2ccc(Br)cc21.CC(=O)N1CC2(CCSCC2)c2ccc(Br)cc21. The Kier molecular flexibility index (Phi) is 7.83. The van der Waals surface area contributed by atoms with Crippen molar-refractivity contribution in [2.45, 2.75) is 50.4 Å². The zero-order chi connectivity index (χ0) is 27.3. The van der Waals surface area contributed by atoms with E-state index >= 15 is 0 Å². The molecule has 0 unspecified atom stereocenters. The van der Waals surface area contributed by atoms with Crippen molar-refractivity contribution in [1.29, 1.82) is 0 Å². The number of anilines is 2. The summed E-state index contributed by atoms with van der Waals surface area (Å²) in [7, 11) is -2.91. The fraction of sp³-hybridized carbons (Fsp3) is 0.500. The molecule has 0 aliphatic carbocycles. The molecule has 0 radical (unpaired) electrons. The number of sulfone groups is 1. The molecule has 2 aromatic rings. The number of carbonyl (C=O) groups is 2. The predicted molar refractivity (Wildman–Crippen MR) is 162 cm³/mol. The van der Waals surface area contributed by atoms with Crippen LogP contribution in [-0.2, 0) is 30.3 Å². The topological polar surface area (TPSA) is 74.8 Å². The van der Waals surface area contributed by atoms with Gasteiger partial charge in [-0.1, -0.05) is 44.0 Å². The lowest BCUT2D eigenvalue weighted by atomic mass is 9.77. The molecular formula is C28H32Br2N2O4S2. The molecule has 0 N–H and O–H groups in total. The lowest BCUT2D eigenvalue weighted by Gasteiger charge is -2.33. The highest BCUT2D eigenvalue weighted by Crippen LogP contribution is 2.50. The van der Waals surface area contributed by atoms with E-state index in [0.717, 1.165) is 32.4 Å². The van der Waals surface area contributed by atoms with Crippen molar-refractivity contribution in [2.24, 2.45) is 0 Å². The van der Waals surface area contributed by atoms with Crippen molar-refractivity contribution in [3.8, 4) is 0 Å². The standard InChI is InChI=1S/C14H16BrNO3S.C14H16BrNOS/c1-10(17)16-9-14(4-6-20(18,19)7-5-14)12-3-2-11(15)8-13(12)16;1-10(17)16-9-14(4-6-18-7-5-14)12-3-2-11(15)8-13(12)16/h2-3,8H,4-7,9H2,1H3;2-3,8H,4-7,9H2,1H3. The first-order valence-corrected chi connectivity index (χ1v) is 17.5. The Hall–Kier alpha value is -1.36. The third-order valence-corrected chi connectivity index (χ3v) is 12.2. The number of fused-ring (bicyclic) bond motifs is 4. The van der Waals surface area contributed by atoms with E-state index in [0.29, 0.717) is 19.4 Å². The van der Waals surface area contributed by atoms with Gasteiger partial charge in [-0.15, -0.1) is 0 Å². The Labute approximate surface area is 246 Å². The molecular weight excluding hydrogens is 652 g/mol. The van der Waals surface area contributed by atoms with E-state index < -0.39 is 9.84 Å². The number of hydrogen-bond acceptors (Lipinski definition) is 5. The molecule has 2 spiro atoms. The monoisotopic (exact) mass is 682 g/mol. The highest BCUT2D eigenvalue weighted by Gasteiger charge is 2.47. The second-order valence-electron chi connectivity index (χ2n) is 10.9. The first-order chi connectivity index (χ1) is 18.0. The maximum absolute atomic E-state index is 11.9. The van der Waals surface area contributed by atoms with E-state index in [-0.39, 0.29) is 34.2 Å². The number of nitrogens with zero attached hydrogens (tertiary/aromatic N) is 2. The fourth-order valence-corrected chi connectivity index (χ4v) is 9.99. The number of halogens is 2. The minimum Gasteiger partial charge on any atom is -0.311 e. The minimum atomic E-state index is -2.91. The molecule has 38 heavy (non-hydrogen) atoms. The fourth-order valence-electron chi connectivity index (χ4n) is 6.41. The quantitative estimate of drug-likeness (QED) is 0.349. The molecule has 2 aromatic carbocycles. The zero-order valence-electron chi connectivity index (χ0n) is 21.6. The van der Waals surface area contributed by atoms with E-state index in [9.17, 15) is 18.0 Å². The number of hydrogen-bond donors (Lipinski definition) is 0. The molecule has 4 aliphatic heterocycles. The molecule has 2 fully saturated rings. The number of rotatable bonds is 0. The van der Waals surface area contributed by atoms with Gasteiger partial charge in [0.1, 0.15) is 9.84 Å². The van der Waals surface area contributed by atoms with Crippen molar-refractivity contribution in [3.05, 3.63) is 56.5 Å². The normalized spacial score (nSPS) is 22.0. The predicted octanol–water partition coefficient (Wildman–Crippen LogP) is 5.84. The molecule has 10 heteroatoms. The van der Waals surface area contributed by atoms with E-state index in [4.69, 9.17) is 0 Å². The second kappa shape index (κ2) is 10.6.